The molecule has 1 aromatic heterocycles. The van der Waals surface area contributed by atoms with Gasteiger partial charge in [-0.1, -0.05) is 50.1 Å². The maximum Gasteiger partial charge on any atom is 0.225 e. The zero-order chi connectivity index (χ0) is 21.6. The van der Waals surface area contributed by atoms with Crippen molar-refractivity contribution in [2.45, 2.75) is 57.9 Å². The van der Waals surface area contributed by atoms with Crippen LogP contribution in [0.5, 0.6) is 0 Å². The molecule has 0 unspecified atom stereocenters. The zero-order valence-electron chi connectivity index (χ0n) is 18.4. The minimum Gasteiger partial charge on any atom is -0.352 e. The summed E-state index contributed by atoms with van der Waals surface area (Å²) in [6, 6.07) is 12.5. The number of amides is 2. The predicted octanol–water partition coefficient (Wildman–Crippen LogP) is 4.08. The van der Waals surface area contributed by atoms with E-state index < -0.39 is 0 Å². The molecule has 2 aromatic rings. The molecule has 2 amide bonds. The van der Waals surface area contributed by atoms with Crippen LogP contribution in [-0.2, 0) is 22.6 Å². The number of carbonyl (C=O) groups is 2. The lowest BCUT2D eigenvalue weighted by Crippen LogP contribution is -2.49. The number of rotatable bonds is 6. The zero-order valence-corrected chi connectivity index (χ0v) is 18.4. The molecule has 5 heteroatoms. The lowest BCUT2D eigenvalue weighted by atomic mass is 9.83. The van der Waals surface area contributed by atoms with Gasteiger partial charge in [-0.15, -0.1) is 0 Å². The molecule has 5 nitrogen and oxygen atoms in total. The molecule has 1 N–H and O–H groups in total. The van der Waals surface area contributed by atoms with Crippen LogP contribution in [0.25, 0.3) is 0 Å². The lowest BCUT2D eigenvalue weighted by Gasteiger charge is -2.38. The number of benzene rings is 1. The van der Waals surface area contributed by atoms with Gasteiger partial charge in [-0.25, -0.2) is 0 Å². The Kier molecular flexibility index (Phi) is 7.00. The summed E-state index contributed by atoms with van der Waals surface area (Å²) < 4.78 is 0. The van der Waals surface area contributed by atoms with E-state index in [1.165, 1.54) is 11.1 Å². The number of nitrogens with one attached hydrogen (secondary N) is 1. The van der Waals surface area contributed by atoms with E-state index in [9.17, 15) is 9.59 Å². The first kappa shape index (κ1) is 21.5. The third kappa shape index (κ3) is 5.33. The first-order valence-electron chi connectivity index (χ1n) is 11.7. The molecule has 1 saturated carbocycles. The highest BCUT2D eigenvalue weighted by Gasteiger charge is 2.37. The second-order valence-corrected chi connectivity index (χ2v) is 9.03. The largest absolute Gasteiger partial charge is 0.352 e. The van der Waals surface area contributed by atoms with Crippen molar-refractivity contribution in [3.05, 3.63) is 65.5 Å². The van der Waals surface area contributed by atoms with Crippen molar-refractivity contribution in [1.29, 1.82) is 0 Å². The Hall–Kier alpha value is -2.69. The number of aromatic nitrogens is 1. The standard InChI is InChI=1S/C26H33N3O2/c1-2-19-9-11-21(12-10-19)23-14-24(25(30)28-16-20-6-5-13-27-15-20)18-29(17-23)26(31)22-7-3-4-8-22/h5-6,9-13,15,22-24H,2-4,7-8,14,16-18H2,1H3,(H,28,30)/t23-,24+/m0/s1. The van der Waals surface area contributed by atoms with Gasteiger partial charge < -0.3 is 10.2 Å². The molecule has 1 saturated heterocycles. The van der Waals surface area contributed by atoms with Gasteiger partial charge >= 0.3 is 0 Å². The van der Waals surface area contributed by atoms with Crippen molar-refractivity contribution in [3.8, 4) is 0 Å². The highest BCUT2D eigenvalue weighted by molar-refractivity contribution is 5.82. The number of likely N-dealkylation sites (tertiary alicyclic amines) is 1. The van der Waals surface area contributed by atoms with Crippen LogP contribution in [0, 0.1) is 11.8 Å². The van der Waals surface area contributed by atoms with E-state index in [0.717, 1.165) is 44.1 Å². The summed E-state index contributed by atoms with van der Waals surface area (Å²) >= 11 is 0. The van der Waals surface area contributed by atoms with Crippen molar-refractivity contribution in [3.63, 3.8) is 0 Å². The third-order valence-electron chi connectivity index (χ3n) is 6.89. The molecule has 0 spiro atoms. The summed E-state index contributed by atoms with van der Waals surface area (Å²) in [5.41, 5.74) is 3.52. The lowest BCUT2D eigenvalue weighted by molar-refractivity contribution is -0.139. The van der Waals surface area contributed by atoms with Crippen LogP contribution in [0.15, 0.2) is 48.8 Å². The second-order valence-electron chi connectivity index (χ2n) is 9.03. The molecule has 1 aliphatic heterocycles. The van der Waals surface area contributed by atoms with Gasteiger partial charge in [0.15, 0.2) is 0 Å². The maximum absolute atomic E-state index is 13.2. The van der Waals surface area contributed by atoms with Gasteiger partial charge in [0.2, 0.25) is 11.8 Å². The van der Waals surface area contributed by atoms with Gasteiger partial charge in [0.25, 0.3) is 0 Å². The molecule has 2 heterocycles. The summed E-state index contributed by atoms with van der Waals surface area (Å²) in [5.74, 6) is 0.423. The highest BCUT2D eigenvalue weighted by atomic mass is 16.2. The first-order valence-corrected chi connectivity index (χ1v) is 11.7. The van der Waals surface area contributed by atoms with Crippen LogP contribution in [-0.4, -0.2) is 34.8 Å². The Bertz CT molecular complexity index is 875. The van der Waals surface area contributed by atoms with Crippen LogP contribution >= 0.6 is 0 Å². The number of piperidine rings is 1. The molecule has 2 atom stereocenters. The second kappa shape index (κ2) is 10.1. The third-order valence-corrected chi connectivity index (χ3v) is 6.89. The number of carbonyl (C=O) groups excluding carboxylic acids is 2. The van der Waals surface area contributed by atoms with E-state index in [0.29, 0.717) is 19.6 Å². The number of nitrogens with zero attached hydrogens (tertiary/aromatic N) is 2. The summed E-state index contributed by atoms with van der Waals surface area (Å²) in [5, 5.41) is 3.07. The molecule has 1 aromatic carbocycles. The monoisotopic (exact) mass is 419 g/mol. The molecule has 0 bridgehead atoms. The van der Waals surface area contributed by atoms with Gasteiger partial charge in [0, 0.05) is 43.9 Å². The predicted molar refractivity (Wildman–Crippen MR) is 121 cm³/mol. The van der Waals surface area contributed by atoms with E-state index >= 15 is 0 Å². The minimum atomic E-state index is -0.188. The van der Waals surface area contributed by atoms with Gasteiger partial charge in [-0.2, -0.15) is 0 Å². The molecule has 1 aliphatic carbocycles. The quantitative estimate of drug-likeness (QED) is 0.767. The Morgan fingerprint density at radius 2 is 1.81 bits per heavy atom. The molecule has 0 radical (unpaired) electrons. The summed E-state index contributed by atoms with van der Waals surface area (Å²) in [6.07, 6.45) is 9.55. The summed E-state index contributed by atoms with van der Waals surface area (Å²) in [4.78, 5) is 32.4. The van der Waals surface area contributed by atoms with E-state index in [2.05, 4.69) is 41.5 Å². The maximum atomic E-state index is 13.2. The van der Waals surface area contributed by atoms with Crippen LogP contribution < -0.4 is 5.32 Å². The fraction of sp³-hybridized carbons (Fsp3) is 0.500. The molecule has 2 aliphatic rings. The van der Waals surface area contributed by atoms with Crippen molar-refractivity contribution in [2.75, 3.05) is 13.1 Å². The van der Waals surface area contributed by atoms with E-state index in [4.69, 9.17) is 0 Å². The topological polar surface area (TPSA) is 62.3 Å². The Labute approximate surface area is 185 Å². The summed E-state index contributed by atoms with van der Waals surface area (Å²) in [7, 11) is 0. The van der Waals surface area contributed by atoms with Crippen LogP contribution in [0.2, 0.25) is 0 Å². The molecular weight excluding hydrogens is 386 g/mol. The normalized spacial score (nSPS) is 21.8. The van der Waals surface area contributed by atoms with Gasteiger partial charge in [0.1, 0.15) is 0 Å². The van der Waals surface area contributed by atoms with Crippen molar-refractivity contribution in [1.82, 2.24) is 15.2 Å². The molecule has 164 valence electrons. The fourth-order valence-corrected chi connectivity index (χ4v) is 5.00. The average molecular weight is 420 g/mol. The van der Waals surface area contributed by atoms with Crippen LogP contribution in [0.3, 0.4) is 0 Å². The Balaban J connectivity index is 1.48. The Morgan fingerprint density at radius 1 is 1.03 bits per heavy atom. The van der Waals surface area contributed by atoms with Gasteiger partial charge in [-0.3, -0.25) is 14.6 Å². The number of aryl methyl sites for hydroxylation is 1. The van der Waals surface area contributed by atoms with E-state index in [1.807, 2.05) is 17.0 Å². The highest BCUT2D eigenvalue weighted by Crippen LogP contribution is 2.34. The first-order chi connectivity index (χ1) is 15.1. The Morgan fingerprint density at radius 3 is 2.48 bits per heavy atom. The number of hydrogen-bond acceptors (Lipinski definition) is 3. The van der Waals surface area contributed by atoms with Crippen LogP contribution in [0.1, 0.15) is 61.6 Å². The summed E-state index contributed by atoms with van der Waals surface area (Å²) in [6.45, 7) is 3.86. The van der Waals surface area contributed by atoms with Gasteiger partial charge in [0.05, 0.1) is 5.92 Å². The van der Waals surface area contributed by atoms with Crippen molar-refractivity contribution < 1.29 is 9.59 Å². The fourth-order valence-electron chi connectivity index (χ4n) is 5.00. The van der Waals surface area contributed by atoms with Crippen LogP contribution in [0.4, 0.5) is 0 Å². The van der Waals surface area contributed by atoms with Gasteiger partial charge in [-0.05, 0) is 48.4 Å². The van der Waals surface area contributed by atoms with E-state index in [-0.39, 0.29) is 29.6 Å². The minimum absolute atomic E-state index is 0.0305. The smallest absolute Gasteiger partial charge is 0.225 e. The molecule has 31 heavy (non-hydrogen) atoms. The number of pyridine rings is 1. The van der Waals surface area contributed by atoms with Crippen molar-refractivity contribution >= 4 is 11.8 Å². The molecule has 2 fully saturated rings. The molecular formula is C26H33N3O2. The SMILES string of the molecule is CCc1ccc([C@H]2C[C@@H](C(=O)NCc3cccnc3)CN(C(=O)C3CCCC3)C2)cc1. The van der Waals surface area contributed by atoms with E-state index in [1.54, 1.807) is 12.4 Å². The average Bonchev–Trinajstić information content (AvgIpc) is 3.37. The van der Waals surface area contributed by atoms with Crippen molar-refractivity contribution in [2.24, 2.45) is 11.8 Å². The molecule has 4 rings (SSSR count). The number of hydrogen-bond donors (Lipinski definition) is 1.